The summed E-state index contributed by atoms with van der Waals surface area (Å²) in [6, 6.07) is 1.75. The molecule has 7 heteroatoms. The van der Waals surface area contributed by atoms with Crippen molar-refractivity contribution in [3.05, 3.63) is 36.3 Å². The molecule has 0 unspecified atom stereocenters. The van der Waals surface area contributed by atoms with Crippen molar-refractivity contribution in [1.29, 1.82) is 0 Å². The van der Waals surface area contributed by atoms with E-state index in [1.165, 1.54) is 13.2 Å². The van der Waals surface area contributed by atoms with Crippen molar-refractivity contribution in [2.75, 3.05) is 0 Å². The monoisotopic (exact) mass is 400 g/mol. The van der Waals surface area contributed by atoms with Crippen LogP contribution in [0.5, 0.6) is 0 Å². The van der Waals surface area contributed by atoms with Crippen LogP contribution in [-0.4, -0.2) is 29.6 Å². The van der Waals surface area contributed by atoms with Crippen LogP contribution in [0.1, 0.15) is 58.1 Å². The maximum absolute atomic E-state index is 13.5. The number of carbonyl (C=O) groups excluding carboxylic acids is 3. The van der Waals surface area contributed by atoms with Gasteiger partial charge < -0.3 is 18.6 Å². The third-order valence-corrected chi connectivity index (χ3v) is 8.34. The number of hydrogen-bond acceptors (Lipinski definition) is 7. The van der Waals surface area contributed by atoms with Gasteiger partial charge in [-0.3, -0.25) is 14.4 Å². The highest BCUT2D eigenvalue weighted by Gasteiger charge is 2.86. The molecule has 0 N–H and O–H groups in total. The van der Waals surface area contributed by atoms with Crippen molar-refractivity contribution in [2.24, 2.45) is 16.2 Å². The van der Waals surface area contributed by atoms with E-state index in [-0.39, 0.29) is 12.4 Å². The fourth-order valence-corrected chi connectivity index (χ4v) is 6.56. The van der Waals surface area contributed by atoms with Gasteiger partial charge in [0.15, 0.2) is 0 Å². The first-order chi connectivity index (χ1) is 13.6. The molecule has 2 bridgehead atoms. The van der Waals surface area contributed by atoms with Crippen LogP contribution < -0.4 is 0 Å². The second-order valence-corrected chi connectivity index (χ2v) is 9.27. The topological polar surface area (TPSA) is 92.0 Å². The van der Waals surface area contributed by atoms with Crippen LogP contribution in [0.3, 0.4) is 0 Å². The first-order valence-corrected chi connectivity index (χ1v) is 9.94. The normalized spacial score (nSPS) is 45.3. The highest BCUT2D eigenvalue weighted by Crippen LogP contribution is 2.78. The molecule has 2 aliphatic carbocycles. The second kappa shape index (κ2) is 5.32. The molecular weight excluding hydrogens is 376 g/mol. The van der Waals surface area contributed by atoms with E-state index in [9.17, 15) is 14.4 Å². The van der Waals surface area contributed by atoms with Crippen molar-refractivity contribution in [1.82, 2.24) is 0 Å². The molecule has 6 atom stereocenters. The summed E-state index contributed by atoms with van der Waals surface area (Å²) in [7, 11) is 0. The summed E-state index contributed by atoms with van der Waals surface area (Å²) < 4.78 is 22.7. The van der Waals surface area contributed by atoms with E-state index in [1.807, 2.05) is 13.8 Å². The zero-order valence-electron chi connectivity index (χ0n) is 16.8. The number of ether oxygens (including phenoxy) is 3. The first-order valence-electron chi connectivity index (χ1n) is 9.94. The lowest BCUT2D eigenvalue weighted by molar-refractivity contribution is -0.194. The Labute approximate surface area is 168 Å². The summed E-state index contributed by atoms with van der Waals surface area (Å²) in [6.45, 7) is 9.42. The molecular formula is C22H24O7. The Morgan fingerprint density at radius 3 is 2.59 bits per heavy atom. The van der Waals surface area contributed by atoms with Gasteiger partial charge in [-0.1, -0.05) is 13.5 Å². The van der Waals surface area contributed by atoms with Gasteiger partial charge in [-0.25, -0.2) is 0 Å². The second-order valence-electron chi connectivity index (χ2n) is 9.27. The minimum atomic E-state index is -1.27. The zero-order chi connectivity index (χ0) is 20.8. The van der Waals surface area contributed by atoms with Crippen molar-refractivity contribution >= 4 is 17.9 Å². The number of cyclic esters (lactones) is 1. The molecule has 0 aromatic carbocycles. The van der Waals surface area contributed by atoms with Crippen LogP contribution in [0.25, 0.3) is 0 Å². The maximum atomic E-state index is 13.5. The van der Waals surface area contributed by atoms with E-state index < -0.39 is 46.0 Å². The summed E-state index contributed by atoms with van der Waals surface area (Å²) in [5, 5.41) is 0. The lowest BCUT2D eigenvalue weighted by Crippen LogP contribution is -2.65. The number of hydrogen-bond donors (Lipinski definition) is 0. The van der Waals surface area contributed by atoms with Gasteiger partial charge in [-0.15, -0.1) is 0 Å². The van der Waals surface area contributed by atoms with Crippen molar-refractivity contribution in [2.45, 2.75) is 64.3 Å². The van der Waals surface area contributed by atoms with Gasteiger partial charge in [0.2, 0.25) is 0 Å². The third kappa shape index (κ3) is 1.83. The molecule has 5 rings (SSSR count). The number of carbonyl (C=O) groups is 3. The molecule has 1 spiro atoms. The molecule has 2 saturated heterocycles. The molecule has 3 heterocycles. The zero-order valence-corrected chi connectivity index (χ0v) is 16.8. The predicted octanol–water partition coefficient (Wildman–Crippen LogP) is 3.25. The molecule has 154 valence electrons. The van der Waals surface area contributed by atoms with Gasteiger partial charge in [-0.05, 0) is 37.8 Å². The summed E-state index contributed by atoms with van der Waals surface area (Å²) in [5.41, 5.74) is -2.59. The van der Waals surface area contributed by atoms with E-state index in [0.29, 0.717) is 24.8 Å². The lowest BCUT2D eigenvalue weighted by Gasteiger charge is -2.55. The Morgan fingerprint density at radius 2 is 1.97 bits per heavy atom. The van der Waals surface area contributed by atoms with Crippen LogP contribution >= 0.6 is 0 Å². The van der Waals surface area contributed by atoms with Gasteiger partial charge in [0, 0.05) is 24.3 Å². The third-order valence-electron chi connectivity index (χ3n) is 8.34. The predicted molar refractivity (Wildman–Crippen MR) is 98.2 cm³/mol. The summed E-state index contributed by atoms with van der Waals surface area (Å²) in [4.78, 5) is 38.3. The Balaban J connectivity index is 1.70. The average Bonchev–Trinajstić information content (AvgIpc) is 3.36. The quantitative estimate of drug-likeness (QED) is 0.427. The molecule has 4 aliphatic rings. The molecule has 1 aromatic rings. The molecule has 7 nitrogen and oxygen atoms in total. The van der Waals surface area contributed by atoms with Crippen LogP contribution in [-0.2, 0) is 28.6 Å². The first kappa shape index (κ1) is 18.5. The fraction of sp³-hybridized carbons (Fsp3) is 0.591. The molecule has 2 aliphatic heterocycles. The number of furan rings is 1. The van der Waals surface area contributed by atoms with Gasteiger partial charge in [0.05, 0.1) is 17.9 Å². The van der Waals surface area contributed by atoms with Crippen molar-refractivity contribution < 1.29 is 33.0 Å². The highest BCUT2D eigenvalue weighted by molar-refractivity contribution is 5.91. The molecule has 0 amide bonds. The molecule has 1 aromatic heterocycles. The minimum absolute atomic E-state index is 0.265. The molecule has 29 heavy (non-hydrogen) atoms. The van der Waals surface area contributed by atoms with E-state index >= 15 is 0 Å². The summed E-state index contributed by atoms with van der Waals surface area (Å²) in [5.74, 6) is -1.23. The summed E-state index contributed by atoms with van der Waals surface area (Å²) in [6.07, 6.45) is 3.64. The molecule has 2 saturated carbocycles. The van der Waals surface area contributed by atoms with Gasteiger partial charge in [0.1, 0.15) is 23.2 Å². The van der Waals surface area contributed by atoms with E-state index in [1.54, 1.807) is 12.3 Å². The Bertz CT molecular complexity index is 948. The number of rotatable bonds is 2. The van der Waals surface area contributed by atoms with Crippen molar-refractivity contribution in [3.8, 4) is 0 Å². The van der Waals surface area contributed by atoms with Crippen LogP contribution in [0.2, 0.25) is 0 Å². The van der Waals surface area contributed by atoms with E-state index in [0.717, 1.165) is 5.56 Å². The van der Waals surface area contributed by atoms with Crippen molar-refractivity contribution in [3.63, 3.8) is 0 Å². The SMILES string of the molecule is C=C1[C@@H](OC(C)=O)C[C@@]2(C)[C@@]3(CC[C@@]2(C)C(=O)O3)[C@@]12C[C@H](c1ccoc1)OC2=O. The Hall–Kier alpha value is -2.57. The Morgan fingerprint density at radius 1 is 1.21 bits per heavy atom. The molecule has 0 radical (unpaired) electrons. The number of esters is 3. The molecule has 4 fully saturated rings. The lowest BCUT2D eigenvalue weighted by atomic mass is 9.47. The van der Waals surface area contributed by atoms with Gasteiger partial charge >= 0.3 is 17.9 Å². The van der Waals surface area contributed by atoms with Crippen LogP contribution in [0.15, 0.2) is 35.2 Å². The fourth-order valence-electron chi connectivity index (χ4n) is 6.56. The standard InChI is InChI=1S/C22H24O7/c1-12-15(27-13(2)23)9-20(4)19(3)6-7-22(20,29-17(19)24)21(12)10-16(28-18(21)25)14-5-8-26-11-14/h5,8,11,15-16H,1,6-7,9-10H2,2-4H3/t15-,16+,19-,20+,21-,22-/m0/s1. The maximum Gasteiger partial charge on any atom is 0.321 e. The highest BCUT2D eigenvalue weighted by atomic mass is 16.6. The largest absolute Gasteiger partial charge is 0.472 e. The minimum Gasteiger partial charge on any atom is -0.472 e. The van der Waals surface area contributed by atoms with Gasteiger partial charge in [-0.2, -0.15) is 0 Å². The van der Waals surface area contributed by atoms with Gasteiger partial charge in [0.25, 0.3) is 0 Å². The van der Waals surface area contributed by atoms with E-state index in [4.69, 9.17) is 18.6 Å². The Kier molecular flexibility index (Phi) is 3.38. The smallest absolute Gasteiger partial charge is 0.321 e. The van der Waals surface area contributed by atoms with Crippen LogP contribution in [0.4, 0.5) is 0 Å². The average molecular weight is 400 g/mol. The van der Waals surface area contributed by atoms with Crippen LogP contribution in [0, 0.1) is 16.2 Å². The van der Waals surface area contributed by atoms with E-state index in [2.05, 4.69) is 6.58 Å². The summed E-state index contributed by atoms with van der Waals surface area (Å²) >= 11 is 0.